The van der Waals surface area contributed by atoms with Crippen LogP contribution in [-0.4, -0.2) is 19.8 Å². The average molecular weight is 395 g/mol. The summed E-state index contributed by atoms with van der Waals surface area (Å²) in [6.07, 6.45) is 0. The molecule has 0 aliphatic heterocycles. The van der Waals surface area contributed by atoms with Crippen LogP contribution in [0.3, 0.4) is 0 Å². The van der Waals surface area contributed by atoms with Crippen LogP contribution in [0.25, 0.3) is 16.6 Å². The molecule has 0 aliphatic carbocycles. The van der Waals surface area contributed by atoms with Crippen molar-refractivity contribution in [3.63, 3.8) is 0 Å². The number of anilines is 1. The van der Waals surface area contributed by atoms with Crippen molar-refractivity contribution in [2.75, 3.05) is 5.32 Å². The Morgan fingerprint density at radius 3 is 2.46 bits per heavy atom. The van der Waals surface area contributed by atoms with Crippen molar-refractivity contribution in [1.29, 1.82) is 0 Å². The number of fused-ring (bicyclic) bond motifs is 1. The molecule has 0 saturated carbocycles. The van der Waals surface area contributed by atoms with E-state index in [4.69, 9.17) is 11.6 Å². The maximum Gasteiger partial charge on any atom is 0.295 e. The van der Waals surface area contributed by atoms with Crippen LogP contribution >= 0.6 is 11.6 Å². The lowest BCUT2D eigenvalue weighted by Crippen LogP contribution is -2.23. The summed E-state index contributed by atoms with van der Waals surface area (Å²) in [5.41, 5.74) is 2.73. The molecular formula is C21H19ClN4O2. The number of aromatic nitrogens is 3. The van der Waals surface area contributed by atoms with E-state index < -0.39 is 0 Å². The van der Waals surface area contributed by atoms with Gasteiger partial charge in [0, 0.05) is 30.0 Å². The van der Waals surface area contributed by atoms with E-state index in [0.717, 1.165) is 16.6 Å². The van der Waals surface area contributed by atoms with Crippen molar-refractivity contribution in [1.82, 2.24) is 13.9 Å². The number of nitrogens with one attached hydrogen (secondary N) is 1. The van der Waals surface area contributed by atoms with Gasteiger partial charge in [-0.3, -0.25) is 14.3 Å². The number of hydrogen-bond acceptors (Lipinski definition) is 2. The van der Waals surface area contributed by atoms with E-state index >= 15 is 0 Å². The zero-order chi connectivity index (χ0) is 20.0. The Kier molecular flexibility index (Phi) is 4.35. The Bertz CT molecular complexity index is 1270. The topological polar surface area (TPSA) is 61.0 Å². The highest BCUT2D eigenvalue weighted by Gasteiger charge is 2.20. The first-order valence-corrected chi connectivity index (χ1v) is 9.16. The molecule has 0 unspecified atom stereocenters. The average Bonchev–Trinajstić information content (AvgIpc) is 3.11. The molecule has 0 fully saturated rings. The fraction of sp³-hybridized carbons (Fsp3) is 0.143. The van der Waals surface area contributed by atoms with Crippen LogP contribution in [-0.2, 0) is 14.1 Å². The van der Waals surface area contributed by atoms with E-state index in [1.54, 1.807) is 35.4 Å². The van der Waals surface area contributed by atoms with Crippen LogP contribution in [0.4, 0.5) is 5.69 Å². The second-order valence-corrected chi connectivity index (χ2v) is 7.12. The number of aryl methyl sites for hydroxylation is 1. The maximum atomic E-state index is 13.0. The van der Waals surface area contributed by atoms with Gasteiger partial charge in [-0.2, -0.15) is 0 Å². The summed E-state index contributed by atoms with van der Waals surface area (Å²) < 4.78 is 5.05. The molecule has 28 heavy (non-hydrogen) atoms. The Hall–Kier alpha value is -3.25. The lowest BCUT2D eigenvalue weighted by Gasteiger charge is -2.07. The predicted molar refractivity (Wildman–Crippen MR) is 112 cm³/mol. The number of hydrogen-bond donors (Lipinski definition) is 1. The second-order valence-electron chi connectivity index (χ2n) is 6.68. The lowest BCUT2D eigenvalue weighted by molar-refractivity contribution is 0.101. The Morgan fingerprint density at radius 2 is 1.75 bits per heavy atom. The van der Waals surface area contributed by atoms with E-state index in [9.17, 15) is 9.59 Å². The molecule has 4 rings (SSSR count). The zero-order valence-electron chi connectivity index (χ0n) is 15.7. The molecule has 1 amide bonds. The van der Waals surface area contributed by atoms with E-state index in [0.29, 0.717) is 16.4 Å². The van der Waals surface area contributed by atoms with Crippen LogP contribution in [0.1, 0.15) is 16.2 Å². The van der Waals surface area contributed by atoms with Gasteiger partial charge in [-0.05, 0) is 43.3 Å². The van der Waals surface area contributed by atoms with Crippen molar-refractivity contribution in [2.24, 2.45) is 14.1 Å². The number of carbonyl (C=O) groups excluding carboxylic acids is 1. The number of rotatable bonds is 3. The van der Waals surface area contributed by atoms with E-state index in [2.05, 4.69) is 5.32 Å². The van der Waals surface area contributed by atoms with Crippen LogP contribution in [0.2, 0.25) is 5.02 Å². The van der Waals surface area contributed by atoms with E-state index in [1.165, 1.54) is 4.68 Å². The molecule has 0 spiro atoms. The number of para-hydroxylation sites is 1. The minimum absolute atomic E-state index is 0.264. The third-order valence-corrected chi connectivity index (χ3v) is 5.26. The first-order chi connectivity index (χ1) is 13.4. The van der Waals surface area contributed by atoms with E-state index in [1.807, 2.05) is 49.5 Å². The van der Waals surface area contributed by atoms with Crippen LogP contribution in [0, 0.1) is 6.92 Å². The van der Waals surface area contributed by atoms with Gasteiger partial charge in [-0.1, -0.05) is 29.8 Å². The summed E-state index contributed by atoms with van der Waals surface area (Å²) in [5.74, 6) is -0.346. The minimum Gasteiger partial charge on any atom is -0.340 e. The zero-order valence-corrected chi connectivity index (χ0v) is 16.5. The van der Waals surface area contributed by atoms with Gasteiger partial charge in [0.05, 0.1) is 11.4 Å². The molecule has 0 aliphatic rings. The highest BCUT2D eigenvalue weighted by molar-refractivity contribution is 6.31. The summed E-state index contributed by atoms with van der Waals surface area (Å²) in [6.45, 7) is 1.80. The number of nitrogens with zero attached hydrogens (tertiary/aromatic N) is 3. The second kappa shape index (κ2) is 6.73. The largest absolute Gasteiger partial charge is 0.340 e. The molecule has 2 aromatic heterocycles. The van der Waals surface area contributed by atoms with Gasteiger partial charge < -0.3 is 9.88 Å². The Balaban J connectivity index is 1.75. The van der Waals surface area contributed by atoms with Gasteiger partial charge in [-0.25, -0.2) is 4.68 Å². The molecule has 0 bridgehead atoms. The standard InChI is InChI=1S/C21H19ClN4O2/c1-13-19(21(28)26(25(13)3)16-7-5-4-6-8-16)23-20(27)18-12-14-11-15(22)9-10-17(14)24(18)2/h4-12H,1-3H3,(H,23,27). The minimum atomic E-state index is -0.346. The Labute approximate surface area is 166 Å². The smallest absolute Gasteiger partial charge is 0.295 e. The highest BCUT2D eigenvalue weighted by atomic mass is 35.5. The van der Waals surface area contributed by atoms with Gasteiger partial charge in [0.1, 0.15) is 11.4 Å². The molecule has 0 atom stereocenters. The number of amides is 1. The SMILES string of the molecule is Cc1c(NC(=O)c2cc3cc(Cl)ccc3n2C)c(=O)n(-c2ccccc2)n1C. The van der Waals surface area contributed by atoms with Crippen LogP contribution < -0.4 is 10.9 Å². The quantitative estimate of drug-likeness (QED) is 0.573. The van der Waals surface area contributed by atoms with Gasteiger partial charge >= 0.3 is 0 Å². The summed E-state index contributed by atoms with van der Waals surface area (Å²) in [5, 5.41) is 4.27. The fourth-order valence-corrected chi connectivity index (χ4v) is 3.61. The molecule has 6 nitrogen and oxygen atoms in total. The molecule has 7 heteroatoms. The lowest BCUT2D eigenvalue weighted by atomic mass is 10.2. The first-order valence-electron chi connectivity index (χ1n) is 8.79. The van der Waals surface area contributed by atoms with Gasteiger partial charge in [0.2, 0.25) is 0 Å². The summed E-state index contributed by atoms with van der Waals surface area (Å²) in [4.78, 5) is 25.9. The highest BCUT2D eigenvalue weighted by Crippen LogP contribution is 2.23. The molecule has 0 saturated heterocycles. The normalized spacial score (nSPS) is 11.1. The van der Waals surface area contributed by atoms with Crippen LogP contribution in [0.5, 0.6) is 0 Å². The molecular weight excluding hydrogens is 376 g/mol. The molecule has 4 aromatic rings. The van der Waals surface area contributed by atoms with Crippen LogP contribution in [0.15, 0.2) is 59.4 Å². The summed E-state index contributed by atoms with van der Waals surface area (Å²) in [6, 6.07) is 16.5. The third-order valence-electron chi connectivity index (χ3n) is 5.03. The summed E-state index contributed by atoms with van der Waals surface area (Å²) in [7, 11) is 3.60. The predicted octanol–water partition coefficient (Wildman–Crippen LogP) is 3.88. The van der Waals surface area contributed by atoms with Gasteiger partial charge in [0.25, 0.3) is 11.5 Å². The van der Waals surface area contributed by atoms with Crippen molar-refractivity contribution in [3.8, 4) is 5.69 Å². The summed E-state index contributed by atoms with van der Waals surface area (Å²) >= 11 is 6.05. The van der Waals surface area contributed by atoms with Crippen molar-refractivity contribution in [2.45, 2.75) is 6.92 Å². The molecule has 142 valence electrons. The van der Waals surface area contributed by atoms with Crippen molar-refractivity contribution < 1.29 is 4.79 Å². The van der Waals surface area contributed by atoms with E-state index in [-0.39, 0.29) is 17.2 Å². The number of halogens is 1. The molecule has 2 heterocycles. The van der Waals surface area contributed by atoms with Gasteiger partial charge in [0.15, 0.2) is 0 Å². The third kappa shape index (κ3) is 2.82. The molecule has 2 aromatic carbocycles. The van der Waals surface area contributed by atoms with Crippen molar-refractivity contribution >= 4 is 34.1 Å². The van der Waals surface area contributed by atoms with Crippen molar-refractivity contribution in [3.05, 3.63) is 81.4 Å². The van der Waals surface area contributed by atoms with Gasteiger partial charge in [-0.15, -0.1) is 0 Å². The monoisotopic (exact) mass is 394 g/mol. The number of carbonyl (C=O) groups is 1. The molecule has 1 N–H and O–H groups in total. The number of benzene rings is 2. The maximum absolute atomic E-state index is 13.0. The Morgan fingerprint density at radius 1 is 1.04 bits per heavy atom. The first kappa shape index (κ1) is 18.1. The molecule has 0 radical (unpaired) electrons. The fourth-order valence-electron chi connectivity index (χ4n) is 3.43.